The van der Waals surface area contributed by atoms with Gasteiger partial charge in [-0.15, -0.1) is 0 Å². The molecule has 302 valence electrons. The molecule has 1 atom stereocenters. The minimum atomic E-state index is -0.982. The topological polar surface area (TPSA) is 168 Å². The molecule has 4 aliphatic heterocycles. The highest BCUT2D eigenvalue weighted by Crippen LogP contribution is 2.55. The number of hydrogen-bond acceptors (Lipinski definition) is 11. The molecule has 2 N–H and O–H groups in total. The minimum absolute atomic E-state index is 0.0851. The van der Waals surface area contributed by atoms with Gasteiger partial charge in [0.2, 0.25) is 11.8 Å². The van der Waals surface area contributed by atoms with Crippen LogP contribution in [0.25, 0.3) is 0 Å². The van der Waals surface area contributed by atoms with Gasteiger partial charge < -0.3 is 19.9 Å². The van der Waals surface area contributed by atoms with Crippen molar-refractivity contribution >= 4 is 52.5 Å². The van der Waals surface area contributed by atoms with Gasteiger partial charge in [0.05, 0.1) is 33.6 Å². The Balaban J connectivity index is 0.811. The number of carbonyl (C=O) groups excluding carboxylic acids is 5. The van der Waals surface area contributed by atoms with Crippen molar-refractivity contribution in [3.63, 3.8) is 0 Å². The molecule has 0 bridgehead atoms. The first-order chi connectivity index (χ1) is 27.7. The molecule has 1 aromatic heterocycles. The molecule has 1 saturated carbocycles. The molecule has 5 aliphatic rings. The quantitative estimate of drug-likeness (QED) is 0.310. The molecule has 0 spiro atoms. The Morgan fingerprint density at radius 1 is 0.862 bits per heavy atom. The van der Waals surface area contributed by atoms with Crippen molar-refractivity contribution in [1.82, 2.24) is 25.4 Å². The summed E-state index contributed by atoms with van der Waals surface area (Å²) in [5.74, 6) is -1.65. The van der Waals surface area contributed by atoms with E-state index in [9.17, 15) is 29.2 Å². The van der Waals surface area contributed by atoms with Crippen LogP contribution in [0.5, 0.6) is 5.75 Å². The number of aromatic nitrogens is 1. The zero-order valence-electron chi connectivity index (χ0n) is 33.1. The van der Waals surface area contributed by atoms with E-state index >= 15 is 0 Å². The first-order valence-corrected chi connectivity index (χ1v) is 20.3. The number of pyridine rings is 1. The molecule has 58 heavy (non-hydrogen) atoms. The second kappa shape index (κ2) is 15.0. The molecule has 2 aromatic carbocycles. The Labute approximate surface area is 342 Å². The van der Waals surface area contributed by atoms with E-state index in [4.69, 9.17) is 16.3 Å². The third-order valence-electron chi connectivity index (χ3n) is 12.9. The zero-order chi connectivity index (χ0) is 41.1. The fourth-order valence-electron chi connectivity index (χ4n) is 10.00. The summed E-state index contributed by atoms with van der Waals surface area (Å²) in [6.07, 6.45) is 3.71. The average Bonchev–Trinajstić information content (AvgIpc) is 3.46. The first-order valence-electron chi connectivity index (χ1n) is 19.9. The van der Waals surface area contributed by atoms with E-state index < -0.39 is 29.7 Å². The van der Waals surface area contributed by atoms with Crippen LogP contribution in [-0.4, -0.2) is 108 Å². The minimum Gasteiger partial charge on any atom is -0.489 e. The summed E-state index contributed by atoms with van der Waals surface area (Å²) in [6.45, 7) is 13.4. The van der Waals surface area contributed by atoms with E-state index in [1.54, 1.807) is 42.6 Å². The molecular weight excluding hydrogens is 760 g/mol. The van der Waals surface area contributed by atoms with Crippen LogP contribution >= 0.6 is 11.6 Å². The van der Waals surface area contributed by atoms with E-state index in [2.05, 4.69) is 64.1 Å². The maximum absolute atomic E-state index is 13.5. The number of anilines is 2. The van der Waals surface area contributed by atoms with Crippen molar-refractivity contribution < 1.29 is 28.7 Å². The van der Waals surface area contributed by atoms with Crippen molar-refractivity contribution in [2.75, 3.05) is 49.1 Å². The molecule has 1 aliphatic carbocycles. The third-order valence-corrected chi connectivity index (χ3v) is 13.2. The zero-order valence-corrected chi connectivity index (χ0v) is 33.8. The molecule has 4 fully saturated rings. The van der Waals surface area contributed by atoms with Crippen LogP contribution in [0.3, 0.4) is 0 Å². The van der Waals surface area contributed by atoms with E-state index in [-0.39, 0.29) is 47.3 Å². The number of piperazine rings is 1. The lowest BCUT2D eigenvalue weighted by Crippen LogP contribution is -2.74. The molecule has 14 nitrogen and oxygen atoms in total. The second-order valence-electron chi connectivity index (χ2n) is 17.1. The van der Waals surface area contributed by atoms with Crippen LogP contribution < -0.4 is 25.2 Å². The average molecular weight is 807 g/mol. The monoisotopic (exact) mass is 806 g/mol. The number of ether oxygens (including phenoxy) is 1. The number of hydrogen-bond donors (Lipinski definition) is 2. The van der Waals surface area contributed by atoms with Crippen molar-refractivity contribution in [3.8, 4) is 11.8 Å². The number of nitrogens with zero attached hydrogens (tertiary/aromatic N) is 6. The fourth-order valence-corrected chi connectivity index (χ4v) is 10.2. The van der Waals surface area contributed by atoms with Gasteiger partial charge in [-0.2, -0.15) is 5.26 Å². The molecular formula is C43H47ClN8O6. The summed E-state index contributed by atoms with van der Waals surface area (Å²) in [5.41, 5.74) is 2.41. The van der Waals surface area contributed by atoms with Crippen LogP contribution in [-0.2, 0) is 9.59 Å². The van der Waals surface area contributed by atoms with Crippen LogP contribution in [0, 0.1) is 22.2 Å². The summed E-state index contributed by atoms with van der Waals surface area (Å²) in [7, 11) is 0. The predicted octanol–water partition coefficient (Wildman–Crippen LogP) is 4.41. The molecule has 3 saturated heterocycles. The van der Waals surface area contributed by atoms with Gasteiger partial charge in [-0.05, 0) is 61.7 Å². The summed E-state index contributed by atoms with van der Waals surface area (Å²) in [6, 6.07) is 15.4. The molecule has 15 heteroatoms. The maximum Gasteiger partial charge on any atom is 0.270 e. The van der Waals surface area contributed by atoms with Crippen molar-refractivity contribution in [2.24, 2.45) is 10.8 Å². The van der Waals surface area contributed by atoms with Crippen LogP contribution in [0.4, 0.5) is 11.4 Å². The Morgan fingerprint density at radius 2 is 1.53 bits per heavy atom. The van der Waals surface area contributed by atoms with Crippen LogP contribution in [0.2, 0.25) is 5.02 Å². The molecule has 5 heterocycles. The lowest BCUT2D eigenvalue weighted by Gasteiger charge is -2.63. The Bertz CT molecular complexity index is 2210. The number of carbonyl (C=O) groups is 5. The highest BCUT2D eigenvalue weighted by atomic mass is 35.5. The molecule has 1 unspecified atom stereocenters. The van der Waals surface area contributed by atoms with Crippen molar-refractivity contribution in [2.45, 2.75) is 77.6 Å². The van der Waals surface area contributed by atoms with Gasteiger partial charge in [0, 0.05) is 80.4 Å². The number of nitriles is 1. The number of piperidine rings is 2. The van der Waals surface area contributed by atoms with Gasteiger partial charge in [0.1, 0.15) is 29.7 Å². The van der Waals surface area contributed by atoms with Crippen LogP contribution in [0.1, 0.15) is 90.1 Å². The van der Waals surface area contributed by atoms with Gasteiger partial charge in [0.15, 0.2) is 0 Å². The van der Waals surface area contributed by atoms with Gasteiger partial charge in [-0.1, -0.05) is 39.3 Å². The molecule has 3 aromatic rings. The normalized spacial score (nSPS) is 24.5. The SMILES string of the molecule is CC1(C)[C@H](NC(=O)c2ccc(N3CCN(C4CCN(c5ccc6c(c5)C(=O)N(C5CCC(=O)NC5=O)C6=O)CC4)CC3)cn2)C(C)(C)[C@H]1Oc1ccc(C#N)c(Cl)c1. The lowest BCUT2D eigenvalue weighted by atomic mass is 9.49. The van der Waals surface area contributed by atoms with E-state index in [1.807, 2.05) is 12.1 Å². The lowest BCUT2D eigenvalue weighted by molar-refractivity contribution is -0.164. The van der Waals surface area contributed by atoms with Gasteiger partial charge in [-0.3, -0.25) is 39.1 Å². The largest absolute Gasteiger partial charge is 0.489 e. The van der Waals surface area contributed by atoms with Crippen molar-refractivity contribution in [1.29, 1.82) is 5.26 Å². The summed E-state index contributed by atoms with van der Waals surface area (Å²) in [5, 5.41) is 15.0. The van der Waals surface area contributed by atoms with E-state index in [1.165, 1.54) is 0 Å². The van der Waals surface area contributed by atoms with Gasteiger partial charge in [-0.25, -0.2) is 4.98 Å². The highest BCUT2D eigenvalue weighted by molar-refractivity contribution is 6.31. The molecule has 8 rings (SSSR count). The molecule has 5 amide bonds. The van der Waals surface area contributed by atoms with Gasteiger partial charge >= 0.3 is 0 Å². The number of amides is 5. The Hall–Kier alpha value is -5.52. The van der Waals surface area contributed by atoms with Crippen LogP contribution in [0.15, 0.2) is 54.7 Å². The predicted molar refractivity (Wildman–Crippen MR) is 216 cm³/mol. The van der Waals surface area contributed by atoms with E-state index in [0.29, 0.717) is 33.6 Å². The van der Waals surface area contributed by atoms with E-state index in [0.717, 1.165) is 68.4 Å². The number of rotatable bonds is 8. The maximum atomic E-state index is 13.5. The second-order valence-corrected chi connectivity index (χ2v) is 17.5. The standard InChI is InChI=1S/C43H47ClN8O6/c1-42(2)40(43(3,4)41(42)58-29-8-5-25(23-45)32(44)22-29)48-36(54)33-10-7-28(24-46-33)51-19-17-50(18-20-51)26-13-15-49(16-14-26)27-6-9-30-31(21-27)39(57)52(38(30)56)34-11-12-35(53)47-37(34)55/h5-10,21-22,24,26,34,40-41H,11-20H2,1-4H3,(H,48,54)(H,47,53,55)/t34?,40-,41-. The summed E-state index contributed by atoms with van der Waals surface area (Å²) in [4.78, 5) is 76.7. The number of halogens is 1. The van der Waals surface area contributed by atoms with Gasteiger partial charge in [0.25, 0.3) is 17.7 Å². The molecule has 0 radical (unpaired) electrons. The number of fused-ring (bicyclic) bond motifs is 1. The third kappa shape index (κ3) is 6.94. The summed E-state index contributed by atoms with van der Waals surface area (Å²) < 4.78 is 6.37. The number of imide groups is 2. The Morgan fingerprint density at radius 3 is 2.17 bits per heavy atom. The first kappa shape index (κ1) is 39.3. The summed E-state index contributed by atoms with van der Waals surface area (Å²) >= 11 is 6.24. The number of benzene rings is 2. The fraction of sp³-hybridized carbons (Fsp3) is 0.465. The van der Waals surface area contributed by atoms with Crippen molar-refractivity contribution in [3.05, 3.63) is 82.1 Å². The Kier molecular flexibility index (Phi) is 10.2. The highest BCUT2D eigenvalue weighted by Gasteiger charge is 2.64. The smallest absolute Gasteiger partial charge is 0.270 e. The number of nitrogens with one attached hydrogen (secondary N) is 2.